The first kappa shape index (κ1) is 19.8. The number of hydrogen-bond acceptors (Lipinski definition) is 6. The summed E-state index contributed by atoms with van der Waals surface area (Å²) in [4.78, 5) is 24.3. The van der Waals surface area contributed by atoms with Crippen molar-refractivity contribution in [2.24, 2.45) is 10.8 Å². The third-order valence-electron chi connectivity index (χ3n) is 5.72. The van der Waals surface area contributed by atoms with E-state index in [1.807, 2.05) is 0 Å². The van der Waals surface area contributed by atoms with Gasteiger partial charge in [-0.15, -0.1) is 0 Å². The van der Waals surface area contributed by atoms with Crippen molar-refractivity contribution in [2.45, 2.75) is 33.1 Å². The molecule has 3 rings (SSSR count). The molecule has 1 aromatic rings. The molecule has 148 valence electrons. The molecule has 0 radical (unpaired) electrons. The first-order chi connectivity index (χ1) is 13.0. The molecule has 2 heterocycles. The Labute approximate surface area is 160 Å². The van der Waals surface area contributed by atoms with Gasteiger partial charge in [0.1, 0.15) is 13.2 Å². The van der Waals surface area contributed by atoms with Crippen molar-refractivity contribution in [1.82, 2.24) is 0 Å². The maximum atomic E-state index is 12.2. The minimum absolute atomic E-state index is 0.00932. The molecule has 0 N–H and O–H groups in total. The predicted octanol–water partition coefficient (Wildman–Crippen LogP) is 2.78. The standard InChI is InChI=1S/C21H28O6/c1-3-20(10-24-11-20)14-26-18(22)9-16-5-7-17(8-6-16)19(23)27-15-21(4-2)12-25-13-21/h5-8H,3-4,9-15H2,1-2H3. The van der Waals surface area contributed by atoms with Crippen LogP contribution < -0.4 is 0 Å². The van der Waals surface area contributed by atoms with Crippen molar-refractivity contribution in [1.29, 1.82) is 0 Å². The lowest BCUT2D eigenvalue weighted by Crippen LogP contribution is -2.46. The van der Waals surface area contributed by atoms with Crippen LogP contribution in [-0.4, -0.2) is 51.6 Å². The third kappa shape index (κ3) is 4.68. The fourth-order valence-electron chi connectivity index (χ4n) is 3.07. The summed E-state index contributed by atoms with van der Waals surface area (Å²) in [5.41, 5.74) is 1.25. The minimum Gasteiger partial charge on any atom is -0.465 e. The van der Waals surface area contributed by atoms with Gasteiger partial charge in [0.15, 0.2) is 0 Å². The summed E-state index contributed by atoms with van der Waals surface area (Å²) >= 11 is 0. The summed E-state index contributed by atoms with van der Waals surface area (Å²) in [7, 11) is 0. The van der Waals surface area contributed by atoms with Crippen molar-refractivity contribution >= 4 is 11.9 Å². The van der Waals surface area contributed by atoms with Crippen LogP contribution in [-0.2, 0) is 30.2 Å². The van der Waals surface area contributed by atoms with Gasteiger partial charge in [-0.05, 0) is 30.5 Å². The molecule has 1 aromatic carbocycles. The lowest BCUT2D eigenvalue weighted by molar-refractivity contribution is -0.169. The number of carbonyl (C=O) groups excluding carboxylic acids is 2. The molecule has 6 nitrogen and oxygen atoms in total. The number of ether oxygens (including phenoxy) is 4. The maximum absolute atomic E-state index is 12.2. The van der Waals surface area contributed by atoms with Gasteiger partial charge < -0.3 is 18.9 Å². The van der Waals surface area contributed by atoms with E-state index in [1.54, 1.807) is 24.3 Å². The van der Waals surface area contributed by atoms with Crippen LogP contribution in [0.15, 0.2) is 24.3 Å². The Hall–Kier alpha value is -1.92. The normalized spacial score (nSPS) is 19.5. The van der Waals surface area contributed by atoms with E-state index in [1.165, 1.54) is 0 Å². The van der Waals surface area contributed by atoms with Crippen LogP contribution in [0.1, 0.15) is 42.6 Å². The Balaban J connectivity index is 1.45. The van der Waals surface area contributed by atoms with Gasteiger partial charge in [-0.1, -0.05) is 26.0 Å². The number of rotatable bonds is 9. The SMILES string of the molecule is CCC1(COC(=O)Cc2ccc(C(=O)OCC3(CC)COC3)cc2)COC1. The van der Waals surface area contributed by atoms with Gasteiger partial charge in [0.25, 0.3) is 0 Å². The van der Waals surface area contributed by atoms with Crippen LogP contribution in [0.3, 0.4) is 0 Å². The zero-order chi connectivity index (χ0) is 19.3. The molecule has 2 aliphatic heterocycles. The van der Waals surface area contributed by atoms with Crippen LogP contribution in [0.5, 0.6) is 0 Å². The molecule has 0 saturated carbocycles. The summed E-state index contributed by atoms with van der Waals surface area (Å²) in [6.45, 7) is 7.51. The van der Waals surface area contributed by atoms with Gasteiger partial charge in [0.05, 0.1) is 49.2 Å². The average Bonchev–Trinajstić information content (AvgIpc) is 2.61. The number of hydrogen-bond donors (Lipinski definition) is 0. The van der Waals surface area contributed by atoms with Crippen LogP contribution in [0.4, 0.5) is 0 Å². The number of carbonyl (C=O) groups is 2. The molecule has 0 bridgehead atoms. The lowest BCUT2D eigenvalue weighted by Gasteiger charge is -2.39. The average molecular weight is 376 g/mol. The van der Waals surface area contributed by atoms with E-state index < -0.39 is 0 Å². The Morgan fingerprint density at radius 3 is 1.85 bits per heavy atom. The van der Waals surface area contributed by atoms with Crippen molar-refractivity contribution in [3.05, 3.63) is 35.4 Å². The summed E-state index contributed by atoms with van der Waals surface area (Å²) in [6.07, 6.45) is 2.04. The van der Waals surface area contributed by atoms with Gasteiger partial charge in [-0.3, -0.25) is 4.79 Å². The Morgan fingerprint density at radius 1 is 0.889 bits per heavy atom. The number of benzene rings is 1. The third-order valence-corrected chi connectivity index (χ3v) is 5.72. The highest BCUT2D eigenvalue weighted by molar-refractivity contribution is 5.89. The van der Waals surface area contributed by atoms with E-state index in [9.17, 15) is 9.59 Å². The summed E-state index contributed by atoms with van der Waals surface area (Å²) in [5.74, 6) is -0.612. The molecule has 0 atom stereocenters. The predicted molar refractivity (Wildman–Crippen MR) is 98.5 cm³/mol. The monoisotopic (exact) mass is 376 g/mol. The van der Waals surface area contributed by atoms with E-state index in [-0.39, 0.29) is 29.2 Å². The second-order valence-electron chi connectivity index (χ2n) is 7.80. The zero-order valence-electron chi connectivity index (χ0n) is 16.1. The molecule has 6 heteroatoms. The van der Waals surface area contributed by atoms with Gasteiger partial charge >= 0.3 is 11.9 Å². The van der Waals surface area contributed by atoms with Gasteiger partial charge in [0, 0.05) is 0 Å². The molecule has 0 unspecified atom stereocenters. The second kappa shape index (κ2) is 8.40. The van der Waals surface area contributed by atoms with Crippen LogP contribution >= 0.6 is 0 Å². The quantitative estimate of drug-likeness (QED) is 0.617. The largest absolute Gasteiger partial charge is 0.465 e. The van der Waals surface area contributed by atoms with Gasteiger partial charge in [-0.2, -0.15) is 0 Å². The molecular weight excluding hydrogens is 348 g/mol. The lowest BCUT2D eigenvalue weighted by atomic mass is 9.84. The van der Waals surface area contributed by atoms with Crippen LogP contribution in [0.2, 0.25) is 0 Å². The van der Waals surface area contributed by atoms with E-state index in [0.717, 1.165) is 18.4 Å². The van der Waals surface area contributed by atoms with E-state index in [2.05, 4.69) is 13.8 Å². The van der Waals surface area contributed by atoms with Crippen LogP contribution in [0, 0.1) is 10.8 Å². The molecule has 2 saturated heterocycles. The summed E-state index contributed by atoms with van der Waals surface area (Å²) in [5, 5.41) is 0. The Morgan fingerprint density at radius 2 is 1.41 bits per heavy atom. The van der Waals surface area contributed by atoms with E-state index in [4.69, 9.17) is 18.9 Å². The van der Waals surface area contributed by atoms with E-state index >= 15 is 0 Å². The molecule has 2 fully saturated rings. The highest BCUT2D eigenvalue weighted by Crippen LogP contribution is 2.32. The highest BCUT2D eigenvalue weighted by atomic mass is 16.6. The van der Waals surface area contributed by atoms with E-state index in [0.29, 0.717) is 45.2 Å². The fraction of sp³-hybridized carbons (Fsp3) is 0.619. The molecule has 0 amide bonds. The molecule has 27 heavy (non-hydrogen) atoms. The molecular formula is C21H28O6. The van der Waals surface area contributed by atoms with Crippen LogP contribution in [0.25, 0.3) is 0 Å². The first-order valence-electron chi connectivity index (χ1n) is 9.57. The molecule has 2 aliphatic rings. The molecule has 0 spiro atoms. The van der Waals surface area contributed by atoms with Crippen molar-refractivity contribution in [3.8, 4) is 0 Å². The van der Waals surface area contributed by atoms with Crippen molar-refractivity contribution < 1.29 is 28.5 Å². The van der Waals surface area contributed by atoms with Crippen molar-refractivity contribution in [3.63, 3.8) is 0 Å². The van der Waals surface area contributed by atoms with Gasteiger partial charge in [-0.25, -0.2) is 4.79 Å². The molecule has 0 aliphatic carbocycles. The maximum Gasteiger partial charge on any atom is 0.338 e. The zero-order valence-corrected chi connectivity index (χ0v) is 16.1. The first-order valence-corrected chi connectivity index (χ1v) is 9.57. The van der Waals surface area contributed by atoms with Crippen molar-refractivity contribution in [2.75, 3.05) is 39.6 Å². The smallest absolute Gasteiger partial charge is 0.338 e. The fourth-order valence-corrected chi connectivity index (χ4v) is 3.07. The summed E-state index contributed by atoms with van der Waals surface area (Å²) < 4.78 is 21.3. The second-order valence-corrected chi connectivity index (χ2v) is 7.80. The molecule has 0 aromatic heterocycles. The summed E-state index contributed by atoms with van der Waals surface area (Å²) in [6, 6.07) is 6.91. The Bertz CT molecular complexity index is 647. The van der Waals surface area contributed by atoms with Gasteiger partial charge in [0.2, 0.25) is 0 Å². The topological polar surface area (TPSA) is 71.1 Å². The highest BCUT2D eigenvalue weighted by Gasteiger charge is 2.39. The minimum atomic E-state index is -0.348. The number of esters is 2. The Kier molecular flexibility index (Phi) is 6.17.